The van der Waals surface area contributed by atoms with Gasteiger partial charge in [-0.05, 0) is 94.5 Å². The minimum Gasteiger partial charge on any atom is -0.493 e. The largest absolute Gasteiger partial charge is 0.493 e. The van der Waals surface area contributed by atoms with Crippen molar-refractivity contribution >= 4 is 70.7 Å². The SMILES string of the molecule is COc1cc2c(cc1OCCCCCOc1cc3c(cc1C)C(=O)N1C=C(C)C[C@H]1C(O)N3C(=O)OCc1ccc(CC(=O)[C@H](C)NC(=O)[C@@H](CC(=O)CCOCCOCCOCCOCCOCCOCCOCCOCCNC(=O)CCN3C(=O)C=CC3=O)C(C)C)cc1)N=C[C@@H]1CC(C)=CN1C2=O. The molecule has 8 rings (SSSR count). The lowest BCUT2D eigenvalue weighted by Crippen LogP contribution is -2.50. The zero-order valence-electron chi connectivity index (χ0n) is 61.9. The molecule has 0 aliphatic carbocycles. The van der Waals surface area contributed by atoms with Crippen molar-refractivity contribution < 1.29 is 105 Å². The molecule has 3 aromatic rings. The fourth-order valence-corrected chi connectivity index (χ4v) is 12.2. The fraction of sp³-hybridized carbons (Fsp3) is 0.558. The summed E-state index contributed by atoms with van der Waals surface area (Å²) in [5.74, 6) is -1.90. The Labute approximate surface area is 619 Å². The van der Waals surface area contributed by atoms with E-state index in [0.29, 0.717) is 177 Å². The Kier molecular flexibility index (Phi) is 33.7. The summed E-state index contributed by atoms with van der Waals surface area (Å²) < 4.78 is 68.0. The lowest BCUT2D eigenvalue weighted by atomic mass is 9.88. The number of fused-ring (bicyclic) bond motifs is 4. The molecule has 0 bridgehead atoms. The number of ketones is 2. The lowest BCUT2D eigenvalue weighted by molar-refractivity contribution is -0.137. The average molecular weight is 1480 g/mol. The van der Waals surface area contributed by atoms with Crippen molar-refractivity contribution in [1.82, 2.24) is 25.3 Å². The van der Waals surface area contributed by atoms with Crippen molar-refractivity contribution in [3.8, 4) is 17.2 Å². The minimum atomic E-state index is -1.47. The number of nitrogens with zero attached hydrogens (tertiary/aromatic N) is 5. The fourth-order valence-electron chi connectivity index (χ4n) is 12.2. The van der Waals surface area contributed by atoms with Gasteiger partial charge in [-0.2, -0.15) is 0 Å². The first-order chi connectivity index (χ1) is 51.2. The van der Waals surface area contributed by atoms with Gasteiger partial charge in [-0.15, -0.1) is 0 Å². The van der Waals surface area contributed by atoms with Crippen LogP contribution >= 0.6 is 0 Å². The second kappa shape index (κ2) is 43.1. The van der Waals surface area contributed by atoms with Crippen molar-refractivity contribution in [1.29, 1.82) is 0 Å². The topological polar surface area (TPSA) is 334 Å². The maximum Gasteiger partial charge on any atom is 0.416 e. The Balaban J connectivity index is 0.642. The van der Waals surface area contributed by atoms with E-state index < -0.39 is 48.0 Å². The van der Waals surface area contributed by atoms with E-state index in [0.717, 1.165) is 33.8 Å². The van der Waals surface area contributed by atoms with Gasteiger partial charge in [0.1, 0.15) is 18.1 Å². The first-order valence-electron chi connectivity index (χ1n) is 36.4. The smallest absolute Gasteiger partial charge is 0.416 e. The number of benzene rings is 3. The van der Waals surface area contributed by atoms with Crippen LogP contribution in [0.25, 0.3) is 0 Å². The molecular formula is C77H103N7O22. The number of aliphatic imine (C=N–C) groups is 1. The molecular weight excluding hydrogens is 1370 g/mol. The molecule has 0 radical (unpaired) electrons. The summed E-state index contributed by atoms with van der Waals surface area (Å²) in [5, 5.41) is 17.4. The molecule has 29 nitrogen and oxygen atoms in total. The molecule has 0 spiro atoms. The summed E-state index contributed by atoms with van der Waals surface area (Å²) in [6.07, 6.45) is 8.63. The first kappa shape index (κ1) is 82.9. The molecule has 0 aromatic heterocycles. The number of carbonyl (C=O) groups is 9. The molecule has 3 aromatic carbocycles. The molecule has 0 saturated carbocycles. The van der Waals surface area contributed by atoms with Crippen LogP contribution in [0.15, 0.2) is 89.2 Å². The number of hydrogen-bond donors (Lipinski definition) is 3. The number of carbonyl (C=O) groups excluding carboxylic acids is 9. The summed E-state index contributed by atoms with van der Waals surface area (Å²) in [6, 6.07) is 11.8. The van der Waals surface area contributed by atoms with Crippen molar-refractivity contribution in [2.45, 2.75) is 130 Å². The number of hydrogen-bond acceptors (Lipinski definition) is 23. The monoisotopic (exact) mass is 1480 g/mol. The third kappa shape index (κ3) is 25.2. The molecule has 5 atom stereocenters. The highest BCUT2D eigenvalue weighted by Crippen LogP contribution is 2.41. The predicted octanol–water partition coefficient (Wildman–Crippen LogP) is 6.86. The number of ether oxygens (including phenoxy) is 12. The standard InChI is InChI=1S/C77H103N7O22/c1-51(2)60(43-59(85)18-23-96-25-27-98-29-31-100-33-35-102-37-38-103-36-34-101-32-30-99-28-26-97-24-19-78-70(87)17-20-81-71(88)15-16-72(81)89)73(90)80-55(6)66(86)42-56-11-13-57(14-12-56)50-106-77(94)84-64-46-67(54(5)41-62(64)75(92)83-49-53(4)40-65(83)76(84)93)104-21-9-8-10-22-105-69-45-63-61(44-68(69)95-7)74(91)82-48-52(3)39-58(82)47-79-63/h11-16,41,44-49,51,55,58,60,65,76,93H,8-10,17-40,42-43,50H2,1-7H3,(H,78,87)(H,80,90)/t55-,58-,60-,65-,76?/m0/s1. The van der Waals surface area contributed by atoms with Gasteiger partial charge >= 0.3 is 6.09 Å². The van der Waals surface area contributed by atoms with Gasteiger partial charge in [0, 0.05) is 87.6 Å². The van der Waals surface area contributed by atoms with Gasteiger partial charge in [0.25, 0.3) is 23.6 Å². The Bertz CT molecular complexity index is 3600. The van der Waals surface area contributed by atoms with E-state index in [2.05, 4.69) is 15.6 Å². The van der Waals surface area contributed by atoms with Gasteiger partial charge in [-0.25, -0.2) is 9.69 Å². The van der Waals surface area contributed by atoms with Crippen LogP contribution in [0.1, 0.15) is 123 Å². The number of methoxy groups -OCH3 is 1. The molecule has 106 heavy (non-hydrogen) atoms. The van der Waals surface area contributed by atoms with Gasteiger partial charge in [0.15, 0.2) is 23.5 Å². The number of rotatable bonds is 49. The number of aliphatic hydroxyl groups excluding tert-OH is 1. The van der Waals surface area contributed by atoms with Crippen molar-refractivity contribution in [2.75, 3.05) is 144 Å². The van der Waals surface area contributed by atoms with Crippen molar-refractivity contribution in [3.05, 3.63) is 112 Å². The van der Waals surface area contributed by atoms with Crippen LogP contribution in [0.5, 0.6) is 17.2 Å². The van der Waals surface area contributed by atoms with Crippen LogP contribution in [0.3, 0.4) is 0 Å². The number of unbranched alkanes of at least 4 members (excludes halogenated alkanes) is 2. The molecule has 0 saturated heterocycles. The third-order valence-corrected chi connectivity index (χ3v) is 18.1. The number of aryl methyl sites for hydroxylation is 1. The summed E-state index contributed by atoms with van der Waals surface area (Å²) >= 11 is 0. The molecule has 29 heteroatoms. The van der Waals surface area contributed by atoms with E-state index in [9.17, 15) is 48.3 Å². The number of amides is 7. The van der Waals surface area contributed by atoms with Gasteiger partial charge in [-0.3, -0.25) is 48.2 Å². The average Bonchev–Trinajstić information content (AvgIpc) is 1.59. The predicted molar refractivity (Wildman–Crippen MR) is 388 cm³/mol. The highest BCUT2D eigenvalue weighted by atomic mass is 16.6. The quantitative estimate of drug-likeness (QED) is 0.0384. The maximum absolute atomic E-state index is 14.2. The number of anilines is 1. The second-order valence-corrected chi connectivity index (χ2v) is 26.6. The summed E-state index contributed by atoms with van der Waals surface area (Å²) in [7, 11) is 1.53. The third-order valence-electron chi connectivity index (χ3n) is 18.1. The highest BCUT2D eigenvalue weighted by molar-refractivity contribution is 6.13. The van der Waals surface area contributed by atoms with Crippen molar-refractivity contribution in [2.24, 2.45) is 16.8 Å². The summed E-state index contributed by atoms with van der Waals surface area (Å²) in [6.45, 7) is 17.5. The van der Waals surface area contributed by atoms with Crippen LogP contribution < -0.4 is 29.7 Å². The van der Waals surface area contributed by atoms with Crippen LogP contribution in [0, 0.1) is 18.8 Å². The van der Waals surface area contributed by atoms with E-state index in [-0.39, 0.29) is 105 Å². The van der Waals surface area contributed by atoms with Gasteiger partial charge in [-0.1, -0.05) is 49.3 Å². The number of nitrogens with one attached hydrogen (secondary N) is 2. The van der Waals surface area contributed by atoms with Crippen LogP contribution in [-0.4, -0.2) is 243 Å². The summed E-state index contributed by atoms with van der Waals surface area (Å²) in [4.78, 5) is 127. The lowest BCUT2D eigenvalue weighted by Gasteiger charge is -2.31. The van der Waals surface area contributed by atoms with E-state index >= 15 is 0 Å². The Morgan fingerprint density at radius 3 is 1.75 bits per heavy atom. The van der Waals surface area contributed by atoms with Crippen LogP contribution in [-0.2, 0) is 84.4 Å². The molecule has 5 heterocycles. The maximum atomic E-state index is 14.2. The Hall–Kier alpha value is -8.78. The molecule has 3 N–H and O–H groups in total. The first-order valence-corrected chi connectivity index (χ1v) is 36.4. The Morgan fingerprint density at radius 2 is 1.15 bits per heavy atom. The molecule has 1 unspecified atom stereocenters. The second-order valence-electron chi connectivity index (χ2n) is 26.6. The van der Waals surface area contributed by atoms with E-state index in [1.165, 1.54) is 24.2 Å². The molecule has 5 aliphatic heterocycles. The van der Waals surface area contributed by atoms with Crippen molar-refractivity contribution in [3.63, 3.8) is 0 Å². The number of aliphatic hydroxyl groups is 1. The van der Waals surface area contributed by atoms with E-state index in [4.69, 9.17) is 56.8 Å². The summed E-state index contributed by atoms with van der Waals surface area (Å²) in [5.41, 5.74) is 5.19. The van der Waals surface area contributed by atoms with Gasteiger partial charge in [0.05, 0.1) is 167 Å². The van der Waals surface area contributed by atoms with Gasteiger partial charge in [0.2, 0.25) is 11.8 Å². The zero-order chi connectivity index (χ0) is 75.9. The normalized spacial score (nSPS) is 17.2. The molecule has 5 aliphatic rings. The van der Waals surface area contributed by atoms with Crippen LogP contribution in [0.4, 0.5) is 16.2 Å². The van der Waals surface area contributed by atoms with Gasteiger partial charge < -0.3 is 82.4 Å². The van der Waals surface area contributed by atoms with Crippen LogP contribution in [0.2, 0.25) is 0 Å². The van der Waals surface area contributed by atoms with E-state index in [1.807, 2.05) is 40.8 Å². The molecule has 7 amide bonds. The molecule has 578 valence electrons. The zero-order valence-corrected chi connectivity index (χ0v) is 61.9. The molecule has 0 fully saturated rings. The highest BCUT2D eigenvalue weighted by Gasteiger charge is 2.45. The van der Waals surface area contributed by atoms with E-state index in [1.54, 1.807) is 72.8 Å². The number of imide groups is 1. The minimum absolute atomic E-state index is 0.00152. The number of Topliss-reactive ketones (excluding diaryl/α,β-unsaturated/α-hetero) is 2. The Morgan fingerprint density at radius 1 is 0.604 bits per heavy atom.